The van der Waals surface area contributed by atoms with Crippen LogP contribution in [0.1, 0.15) is 39.5 Å². The molecule has 1 N–H and O–H groups in total. The minimum Gasteiger partial charge on any atom is -0.310 e. The van der Waals surface area contributed by atoms with Crippen molar-refractivity contribution in [2.75, 3.05) is 13.6 Å². The summed E-state index contributed by atoms with van der Waals surface area (Å²) in [6.45, 7) is 5.87. The zero-order valence-corrected chi connectivity index (χ0v) is 9.79. The van der Waals surface area contributed by atoms with E-state index in [1.165, 1.54) is 32.2 Å². The van der Waals surface area contributed by atoms with Crippen LogP contribution in [-0.4, -0.2) is 36.6 Å². The van der Waals surface area contributed by atoms with Crippen LogP contribution in [-0.2, 0) is 0 Å². The second kappa shape index (κ2) is 4.19. The molecule has 0 aromatic carbocycles. The van der Waals surface area contributed by atoms with Gasteiger partial charge in [-0.25, -0.2) is 0 Å². The van der Waals surface area contributed by atoms with Crippen molar-refractivity contribution in [3.8, 4) is 0 Å². The SMILES string of the molecule is CCCC1CC1NC1CC(C)N(C)C1. The van der Waals surface area contributed by atoms with Crippen molar-refractivity contribution >= 4 is 0 Å². The summed E-state index contributed by atoms with van der Waals surface area (Å²) in [5, 5.41) is 3.81. The van der Waals surface area contributed by atoms with Gasteiger partial charge in [-0.15, -0.1) is 0 Å². The maximum absolute atomic E-state index is 3.81. The minimum atomic E-state index is 0.766. The fourth-order valence-corrected chi connectivity index (χ4v) is 2.76. The molecule has 0 aromatic heterocycles. The lowest BCUT2D eigenvalue weighted by Gasteiger charge is -2.13. The highest BCUT2D eigenvalue weighted by atomic mass is 15.2. The molecule has 0 spiro atoms. The highest BCUT2D eigenvalue weighted by Crippen LogP contribution is 2.35. The second-order valence-electron chi connectivity index (χ2n) is 5.28. The Morgan fingerprint density at radius 3 is 2.71 bits per heavy atom. The third-order valence-corrected chi connectivity index (χ3v) is 3.92. The maximum Gasteiger partial charge on any atom is 0.0212 e. The lowest BCUT2D eigenvalue weighted by molar-refractivity contribution is 0.326. The van der Waals surface area contributed by atoms with Crippen molar-refractivity contribution in [1.29, 1.82) is 0 Å². The third-order valence-electron chi connectivity index (χ3n) is 3.92. The van der Waals surface area contributed by atoms with E-state index in [0.717, 1.165) is 24.0 Å². The first kappa shape index (κ1) is 10.4. The smallest absolute Gasteiger partial charge is 0.0212 e. The number of nitrogens with one attached hydrogen (secondary N) is 1. The molecule has 2 nitrogen and oxygen atoms in total. The molecular formula is C12H24N2. The van der Waals surface area contributed by atoms with Crippen LogP contribution in [0.25, 0.3) is 0 Å². The predicted octanol–water partition coefficient (Wildman–Crippen LogP) is 1.86. The van der Waals surface area contributed by atoms with E-state index >= 15 is 0 Å². The molecule has 0 bridgehead atoms. The Hall–Kier alpha value is -0.0800. The van der Waals surface area contributed by atoms with Gasteiger partial charge in [0.1, 0.15) is 0 Å². The molecule has 0 radical (unpaired) electrons. The first-order chi connectivity index (χ1) is 6.70. The van der Waals surface area contributed by atoms with Crippen LogP contribution < -0.4 is 5.32 Å². The number of hydrogen-bond donors (Lipinski definition) is 1. The summed E-state index contributed by atoms with van der Waals surface area (Å²) < 4.78 is 0. The lowest BCUT2D eigenvalue weighted by atomic mass is 10.2. The van der Waals surface area contributed by atoms with Gasteiger partial charge in [0.05, 0.1) is 0 Å². The van der Waals surface area contributed by atoms with Crippen molar-refractivity contribution in [2.24, 2.45) is 5.92 Å². The molecule has 4 unspecified atom stereocenters. The van der Waals surface area contributed by atoms with E-state index in [4.69, 9.17) is 0 Å². The summed E-state index contributed by atoms with van der Waals surface area (Å²) in [6, 6.07) is 2.40. The van der Waals surface area contributed by atoms with Crippen LogP contribution in [0.3, 0.4) is 0 Å². The lowest BCUT2D eigenvalue weighted by Crippen LogP contribution is -2.33. The molecule has 1 aliphatic carbocycles. The topological polar surface area (TPSA) is 15.3 Å². The summed E-state index contributed by atoms with van der Waals surface area (Å²) >= 11 is 0. The molecule has 2 aliphatic rings. The number of rotatable bonds is 4. The quantitative estimate of drug-likeness (QED) is 0.738. The van der Waals surface area contributed by atoms with Gasteiger partial charge in [-0.2, -0.15) is 0 Å². The first-order valence-electron chi connectivity index (χ1n) is 6.17. The first-order valence-corrected chi connectivity index (χ1v) is 6.17. The van der Waals surface area contributed by atoms with E-state index in [1.54, 1.807) is 0 Å². The maximum atomic E-state index is 3.81. The zero-order valence-electron chi connectivity index (χ0n) is 9.79. The molecule has 1 saturated heterocycles. The van der Waals surface area contributed by atoms with Crippen molar-refractivity contribution in [2.45, 2.75) is 57.7 Å². The Morgan fingerprint density at radius 1 is 1.36 bits per heavy atom. The van der Waals surface area contributed by atoms with E-state index in [0.29, 0.717) is 0 Å². The number of likely N-dealkylation sites (tertiary alicyclic amines) is 1. The van der Waals surface area contributed by atoms with Gasteiger partial charge < -0.3 is 10.2 Å². The van der Waals surface area contributed by atoms with Crippen LogP contribution in [0.5, 0.6) is 0 Å². The highest BCUT2D eigenvalue weighted by Gasteiger charge is 2.39. The van der Waals surface area contributed by atoms with Gasteiger partial charge in [-0.05, 0) is 39.2 Å². The van der Waals surface area contributed by atoms with Crippen molar-refractivity contribution in [3.63, 3.8) is 0 Å². The van der Waals surface area contributed by atoms with Gasteiger partial charge in [0.25, 0.3) is 0 Å². The van der Waals surface area contributed by atoms with Crippen LogP contribution in [0.2, 0.25) is 0 Å². The summed E-state index contributed by atoms with van der Waals surface area (Å²) in [5.41, 5.74) is 0. The van der Waals surface area contributed by atoms with Crippen molar-refractivity contribution < 1.29 is 0 Å². The van der Waals surface area contributed by atoms with Crippen molar-refractivity contribution in [3.05, 3.63) is 0 Å². The molecule has 1 saturated carbocycles. The Kier molecular flexibility index (Phi) is 3.13. The average Bonchev–Trinajstić information content (AvgIpc) is 2.75. The molecule has 14 heavy (non-hydrogen) atoms. The fourth-order valence-electron chi connectivity index (χ4n) is 2.76. The normalized spacial score (nSPS) is 43.1. The monoisotopic (exact) mass is 196 g/mol. The Balaban J connectivity index is 1.68. The van der Waals surface area contributed by atoms with Crippen LogP contribution >= 0.6 is 0 Å². The van der Waals surface area contributed by atoms with E-state index in [2.05, 4.69) is 31.1 Å². The van der Waals surface area contributed by atoms with Crippen LogP contribution in [0, 0.1) is 5.92 Å². The van der Waals surface area contributed by atoms with E-state index in [1.807, 2.05) is 0 Å². The average molecular weight is 196 g/mol. The van der Waals surface area contributed by atoms with Gasteiger partial charge >= 0.3 is 0 Å². The molecule has 2 rings (SSSR count). The molecule has 1 aliphatic heterocycles. The Morgan fingerprint density at radius 2 is 2.14 bits per heavy atom. The molecule has 4 atom stereocenters. The summed E-state index contributed by atoms with van der Waals surface area (Å²) in [6.07, 6.45) is 5.55. The van der Waals surface area contributed by atoms with E-state index < -0.39 is 0 Å². The standard InChI is InChI=1S/C12H24N2/c1-4-5-10-7-12(10)13-11-6-9(2)14(3)8-11/h9-13H,4-8H2,1-3H3. The van der Waals surface area contributed by atoms with Gasteiger partial charge in [0, 0.05) is 24.7 Å². The number of hydrogen-bond acceptors (Lipinski definition) is 2. The predicted molar refractivity (Wildman–Crippen MR) is 60.4 cm³/mol. The summed E-state index contributed by atoms with van der Waals surface area (Å²) in [7, 11) is 2.24. The minimum absolute atomic E-state index is 0.766. The molecule has 1 heterocycles. The highest BCUT2D eigenvalue weighted by molar-refractivity contribution is 4.97. The molecule has 82 valence electrons. The Labute approximate surface area is 88.1 Å². The molecule has 2 heteroatoms. The third kappa shape index (κ3) is 2.29. The van der Waals surface area contributed by atoms with Crippen LogP contribution in [0.4, 0.5) is 0 Å². The van der Waals surface area contributed by atoms with Gasteiger partial charge in [-0.3, -0.25) is 0 Å². The summed E-state index contributed by atoms with van der Waals surface area (Å²) in [5.74, 6) is 1.00. The molecular weight excluding hydrogens is 172 g/mol. The molecule has 0 aromatic rings. The molecule has 2 fully saturated rings. The number of nitrogens with zero attached hydrogens (tertiary/aromatic N) is 1. The van der Waals surface area contributed by atoms with Crippen LogP contribution in [0.15, 0.2) is 0 Å². The van der Waals surface area contributed by atoms with Gasteiger partial charge in [0.2, 0.25) is 0 Å². The zero-order chi connectivity index (χ0) is 10.1. The van der Waals surface area contributed by atoms with Crippen molar-refractivity contribution in [1.82, 2.24) is 10.2 Å². The Bertz CT molecular complexity index is 183. The fraction of sp³-hybridized carbons (Fsp3) is 1.00. The van der Waals surface area contributed by atoms with Gasteiger partial charge in [0.15, 0.2) is 0 Å². The van der Waals surface area contributed by atoms with E-state index in [-0.39, 0.29) is 0 Å². The van der Waals surface area contributed by atoms with Gasteiger partial charge in [-0.1, -0.05) is 13.3 Å². The van der Waals surface area contributed by atoms with E-state index in [9.17, 15) is 0 Å². The summed E-state index contributed by atoms with van der Waals surface area (Å²) in [4.78, 5) is 2.47. The molecule has 0 amide bonds. The number of likely N-dealkylation sites (N-methyl/N-ethyl adjacent to an activating group) is 1. The second-order valence-corrected chi connectivity index (χ2v) is 5.28. The largest absolute Gasteiger partial charge is 0.310 e.